The first kappa shape index (κ1) is 14.9. The topological polar surface area (TPSA) is 79.3 Å². The minimum atomic E-state index is -1.05. The van der Waals surface area contributed by atoms with Crippen molar-refractivity contribution >= 4 is 35.1 Å². The van der Waals surface area contributed by atoms with Crippen molar-refractivity contribution in [3.05, 3.63) is 51.6 Å². The van der Waals surface area contributed by atoms with Gasteiger partial charge in [-0.25, -0.2) is 14.2 Å². The Morgan fingerprint density at radius 3 is 2.81 bits per heavy atom. The number of carboxylic acids is 1. The largest absolute Gasteiger partial charge is 0.478 e. The number of pyridine rings is 1. The van der Waals surface area contributed by atoms with Crippen LogP contribution in [0.25, 0.3) is 6.08 Å². The molecule has 0 bridgehead atoms. The van der Waals surface area contributed by atoms with Crippen LogP contribution in [0, 0.1) is 12.7 Å². The highest BCUT2D eigenvalue weighted by atomic mass is 32.1. The number of hydrogen-bond acceptors (Lipinski definition) is 4. The quantitative estimate of drug-likeness (QED) is 0.851. The van der Waals surface area contributed by atoms with Crippen LogP contribution in [0.1, 0.15) is 20.1 Å². The zero-order valence-corrected chi connectivity index (χ0v) is 11.8. The third-order valence-corrected chi connectivity index (χ3v) is 3.73. The molecule has 108 valence electrons. The Morgan fingerprint density at radius 1 is 1.43 bits per heavy atom. The maximum Gasteiger partial charge on any atom is 0.328 e. The van der Waals surface area contributed by atoms with Crippen LogP contribution in [0.2, 0.25) is 0 Å². The van der Waals surface area contributed by atoms with E-state index in [0.717, 1.165) is 17.8 Å². The van der Waals surface area contributed by atoms with E-state index >= 15 is 0 Å². The Kier molecular flexibility index (Phi) is 4.44. The summed E-state index contributed by atoms with van der Waals surface area (Å²) in [4.78, 5) is 27.4. The zero-order chi connectivity index (χ0) is 15.4. The molecule has 2 aromatic rings. The van der Waals surface area contributed by atoms with Gasteiger partial charge in [-0.05, 0) is 36.8 Å². The first-order valence-corrected chi connectivity index (χ1v) is 6.71. The van der Waals surface area contributed by atoms with E-state index < -0.39 is 11.8 Å². The number of carboxylic acid groups (broad SMARTS) is 1. The van der Waals surface area contributed by atoms with E-state index in [0.29, 0.717) is 9.75 Å². The first-order valence-electron chi connectivity index (χ1n) is 5.90. The number of hydrogen-bond donors (Lipinski definition) is 2. The van der Waals surface area contributed by atoms with Crippen LogP contribution in [0.3, 0.4) is 0 Å². The number of carbonyl (C=O) groups is 2. The van der Waals surface area contributed by atoms with Gasteiger partial charge >= 0.3 is 5.97 Å². The molecule has 2 aromatic heterocycles. The number of carbonyl (C=O) groups excluding carboxylic acids is 1. The molecule has 1 amide bonds. The van der Waals surface area contributed by atoms with Crippen LogP contribution in [-0.4, -0.2) is 22.0 Å². The van der Waals surface area contributed by atoms with E-state index in [2.05, 4.69) is 10.3 Å². The van der Waals surface area contributed by atoms with Crippen molar-refractivity contribution in [3.63, 3.8) is 0 Å². The minimum absolute atomic E-state index is 0.245. The number of nitrogens with one attached hydrogen (secondary N) is 1. The van der Waals surface area contributed by atoms with Crippen molar-refractivity contribution in [1.29, 1.82) is 0 Å². The van der Waals surface area contributed by atoms with Crippen LogP contribution in [0.15, 0.2) is 30.5 Å². The van der Waals surface area contributed by atoms with Gasteiger partial charge in [-0.15, -0.1) is 11.3 Å². The molecule has 0 radical (unpaired) electrons. The standard InChI is InChI=1S/C14H11FN2O3S/c1-8-6-11(21-10(8)3-5-13(18)19)14(20)17-12-4-2-9(15)7-16-12/h2-7H,1H3,(H,18,19)(H,16,17,20)/b5-3+. The van der Waals surface area contributed by atoms with Crippen LogP contribution in [0.5, 0.6) is 0 Å². The molecule has 0 aromatic carbocycles. The zero-order valence-electron chi connectivity index (χ0n) is 11.0. The molecule has 0 atom stereocenters. The Labute approximate surface area is 123 Å². The van der Waals surface area contributed by atoms with Gasteiger partial charge in [0, 0.05) is 11.0 Å². The Balaban J connectivity index is 2.14. The molecule has 2 rings (SSSR count). The summed E-state index contributed by atoms with van der Waals surface area (Å²) in [6.45, 7) is 1.78. The van der Waals surface area contributed by atoms with Crippen molar-refractivity contribution in [2.75, 3.05) is 5.32 Å². The average Bonchev–Trinajstić information content (AvgIpc) is 2.80. The van der Waals surface area contributed by atoms with E-state index in [1.54, 1.807) is 13.0 Å². The molecular weight excluding hydrogens is 295 g/mol. The summed E-state index contributed by atoms with van der Waals surface area (Å²) in [6.07, 6.45) is 3.47. The minimum Gasteiger partial charge on any atom is -0.478 e. The van der Waals surface area contributed by atoms with Crippen LogP contribution in [0.4, 0.5) is 10.2 Å². The van der Waals surface area contributed by atoms with Crippen molar-refractivity contribution in [2.24, 2.45) is 0 Å². The summed E-state index contributed by atoms with van der Waals surface area (Å²) in [5.74, 6) is -1.67. The van der Waals surface area contributed by atoms with Gasteiger partial charge in [0.05, 0.1) is 11.1 Å². The smallest absolute Gasteiger partial charge is 0.328 e. The Bertz CT molecular complexity index is 708. The second-order valence-corrected chi connectivity index (χ2v) is 5.23. The molecule has 0 aliphatic carbocycles. The molecule has 0 saturated heterocycles. The van der Waals surface area contributed by atoms with Crippen molar-refractivity contribution in [2.45, 2.75) is 6.92 Å². The van der Waals surface area contributed by atoms with Crippen molar-refractivity contribution in [3.8, 4) is 0 Å². The van der Waals surface area contributed by atoms with E-state index in [1.807, 2.05) is 0 Å². The molecule has 21 heavy (non-hydrogen) atoms. The number of rotatable bonds is 4. The van der Waals surface area contributed by atoms with Gasteiger partial charge < -0.3 is 10.4 Å². The van der Waals surface area contributed by atoms with E-state index in [9.17, 15) is 14.0 Å². The number of aryl methyl sites for hydroxylation is 1. The summed E-state index contributed by atoms with van der Waals surface area (Å²) in [7, 11) is 0. The van der Waals surface area contributed by atoms with Gasteiger partial charge in [0.15, 0.2) is 0 Å². The van der Waals surface area contributed by atoms with E-state index in [1.165, 1.54) is 29.5 Å². The fourth-order valence-corrected chi connectivity index (χ4v) is 2.52. The molecule has 7 heteroatoms. The van der Waals surface area contributed by atoms with Gasteiger partial charge in [-0.2, -0.15) is 0 Å². The summed E-state index contributed by atoms with van der Waals surface area (Å²) in [6, 6.07) is 4.22. The maximum absolute atomic E-state index is 12.7. The molecule has 0 saturated carbocycles. The fraction of sp³-hybridized carbons (Fsp3) is 0.0714. The highest BCUT2D eigenvalue weighted by molar-refractivity contribution is 7.15. The summed E-state index contributed by atoms with van der Waals surface area (Å²) in [5.41, 5.74) is 0.801. The predicted molar refractivity (Wildman–Crippen MR) is 77.9 cm³/mol. The molecular formula is C14H11FN2O3S. The number of anilines is 1. The lowest BCUT2D eigenvalue weighted by Crippen LogP contribution is -2.11. The normalized spacial score (nSPS) is 10.8. The lowest BCUT2D eigenvalue weighted by atomic mass is 10.2. The van der Waals surface area contributed by atoms with Crippen LogP contribution < -0.4 is 5.32 Å². The third kappa shape index (κ3) is 3.96. The van der Waals surface area contributed by atoms with E-state index in [-0.39, 0.29) is 11.7 Å². The average molecular weight is 306 g/mol. The molecule has 2 heterocycles. The van der Waals surface area contributed by atoms with Gasteiger partial charge in [-0.3, -0.25) is 4.79 Å². The second-order valence-electron chi connectivity index (χ2n) is 4.15. The van der Waals surface area contributed by atoms with Gasteiger partial charge in [0.2, 0.25) is 0 Å². The summed E-state index contributed by atoms with van der Waals surface area (Å²) in [5, 5.41) is 11.1. The maximum atomic E-state index is 12.7. The molecule has 0 unspecified atom stereocenters. The number of amides is 1. The highest BCUT2D eigenvalue weighted by Crippen LogP contribution is 2.24. The molecule has 0 aliphatic rings. The lowest BCUT2D eigenvalue weighted by molar-refractivity contribution is -0.131. The first-order chi connectivity index (χ1) is 9.95. The van der Waals surface area contributed by atoms with Crippen molar-refractivity contribution < 1.29 is 19.1 Å². The van der Waals surface area contributed by atoms with E-state index in [4.69, 9.17) is 5.11 Å². The molecule has 0 fully saturated rings. The summed E-state index contributed by atoms with van der Waals surface area (Å²) >= 11 is 1.17. The second kappa shape index (κ2) is 6.27. The Hall–Kier alpha value is -2.54. The van der Waals surface area contributed by atoms with Crippen molar-refractivity contribution in [1.82, 2.24) is 4.98 Å². The number of aromatic nitrogens is 1. The molecule has 2 N–H and O–H groups in total. The lowest BCUT2D eigenvalue weighted by Gasteiger charge is -2.01. The SMILES string of the molecule is Cc1cc(C(=O)Nc2ccc(F)cn2)sc1/C=C/C(=O)O. The summed E-state index contributed by atoms with van der Waals surface area (Å²) < 4.78 is 12.7. The molecule has 0 spiro atoms. The highest BCUT2D eigenvalue weighted by Gasteiger charge is 2.12. The van der Waals surface area contributed by atoms with Gasteiger partial charge in [-0.1, -0.05) is 0 Å². The third-order valence-electron chi connectivity index (χ3n) is 2.53. The Morgan fingerprint density at radius 2 is 2.19 bits per heavy atom. The molecule has 5 nitrogen and oxygen atoms in total. The predicted octanol–water partition coefficient (Wildman–Crippen LogP) is 2.94. The van der Waals surface area contributed by atoms with Crippen LogP contribution >= 0.6 is 11.3 Å². The van der Waals surface area contributed by atoms with Crippen LogP contribution in [-0.2, 0) is 4.79 Å². The monoisotopic (exact) mass is 306 g/mol. The number of thiophene rings is 1. The van der Waals surface area contributed by atoms with Gasteiger partial charge in [0.1, 0.15) is 11.6 Å². The number of nitrogens with zero attached hydrogens (tertiary/aromatic N) is 1. The van der Waals surface area contributed by atoms with Gasteiger partial charge in [0.25, 0.3) is 5.91 Å². The fourth-order valence-electron chi connectivity index (χ4n) is 1.55. The molecule has 0 aliphatic heterocycles. The number of aliphatic carboxylic acids is 1. The number of halogens is 1.